The molecule has 1 fully saturated rings. The number of thioether (sulfide) groups is 1. The second kappa shape index (κ2) is 5.25. The maximum absolute atomic E-state index is 13.7. The van der Waals surface area contributed by atoms with Crippen molar-refractivity contribution >= 4 is 35.0 Å². The molecule has 2 heterocycles. The molecule has 0 amide bonds. The molecule has 6 heteroatoms. The number of aromatic amines is 1. The molecule has 0 saturated carbocycles. The SMILES string of the molecule is Fc1cc(F)c2[nH]c(=S)n(CC3CCSCC3)c2c1. The van der Waals surface area contributed by atoms with E-state index in [2.05, 4.69) is 4.98 Å². The Balaban J connectivity index is 2.02. The molecule has 102 valence electrons. The Morgan fingerprint density at radius 2 is 2.05 bits per heavy atom. The zero-order valence-corrected chi connectivity index (χ0v) is 11.9. The van der Waals surface area contributed by atoms with Gasteiger partial charge in [0, 0.05) is 12.6 Å². The van der Waals surface area contributed by atoms with Gasteiger partial charge < -0.3 is 9.55 Å². The van der Waals surface area contributed by atoms with E-state index in [1.807, 2.05) is 16.3 Å². The molecule has 2 nitrogen and oxygen atoms in total. The molecule has 0 atom stereocenters. The number of aromatic nitrogens is 2. The predicted molar refractivity (Wildman–Crippen MR) is 77.1 cm³/mol. The Bertz CT molecular complexity index is 656. The Morgan fingerprint density at radius 3 is 2.79 bits per heavy atom. The molecule has 1 aliphatic rings. The average Bonchev–Trinajstić information content (AvgIpc) is 2.69. The summed E-state index contributed by atoms with van der Waals surface area (Å²) in [6, 6.07) is 2.23. The van der Waals surface area contributed by atoms with Gasteiger partial charge in [-0.15, -0.1) is 0 Å². The Labute approximate surface area is 119 Å². The number of nitrogens with zero attached hydrogens (tertiary/aromatic N) is 1. The van der Waals surface area contributed by atoms with Crippen molar-refractivity contribution in [2.75, 3.05) is 11.5 Å². The van der Waals surface area contributed by atoms with Gasteiger partial charge in [-0.3, -0.25) is 0 Å². The van der Waals surface area contributed by atoms with Gasteiger partial charge in [0.15, 0.2) is 10.6 Å². The molecule has 1 N–H and O–H groups in total. The first kappa shape index (κ1) is 13.1. The molecule has 1 aliphatic heterocycles. The lowest BCUT2D eigenvalue weighted by Crippen LogP contribution is -2.16. The fourth-order valence-corrected chi connectivity index (χ4v) is 4.03. The summed E-state index contributed by atoms with van der Waals surface area (Å²) in [5.74, 6) is 1.70. The van der Waals surface area contributed by atoms with Crippen LogP contribution >= 0.6 is 24.0 Å². The minimum atomic E-state index is -0.584. The van der Waals surface area contributed by atoms with Crippen molar-refractivity contribution in [3.8, 4) is 0 Å². The number of imidazole rings is 1. The zero-order valence-electron chi connectivity index (χ0n) is 10.3. The van der Waals surface area contributed by atoms with Crippen LogP contribution in [0.25, 0.3) is 11.0 Å². The molecule has 1 aromatic carbocycles. The van der Waals surface area contributed by atoms with Gasteiger partial charge in [-0.2, -0.15) is 11.8 Å². The van der Waals surface area contributed by atoms with Gasteiger partial charge in [0.1, 0.15) is 11.3 Å². The summed E-state index contributed by atoms with van der Waals surface area (Å²) in [7, 11) is 0. The van der Waals surface area contributed by atoms with Gasteiger partial charge in [0.05, 0.1) is 5.52 Å². The largest absolute Gasteiger partial charge is 0.328 e. The lowest BCUT2D eigenvalue weighted by molar-refractivity contribution is 0.420. The second-order valence-corrected chi connectivity index (χ2v) is 6.49. The highest BCUT2D eigenvalue weighted by Crippen LogP contribution is 2.26. The van der Waals surface area contributed by atoms with Crippen LogP contribution in [-0.2, 0) is 6.54 Å². The first-order valence-corrected chi connectivity index (χ1v) is 7.87. The van der Waals surface area contributed by atoms with Crippen LogP contribution in [0.5, 0.6) is 0 Å². The molecule has 0 aliphatic carbocycles. The molecule has 0 spiro atoms. The summed E-state index contributed by atoms with van der Waals surface area (Å²) in [4.78, 5) is 2.84. The summed E-state index contributed by atoms with van der Waals surface area (Å²) in [6.45, 7) is 0.738. The van der Waals surface area contributed by atoms with Crippen molar-refractivity contribution in [3.63, 3.8) is 0 Å². The standard InChI is InChI=1S/C13H14F2N2S2/c14-9-5-10(15)12-11(6-9)17(13(18)16-12)7-8-1-3-19-4-2-8/h5-6,8H,1-4,7H2,(H,16,18). The molecular weight excluding hydrogens is 286 g/mol. The van der Waals surface area contributed by atoms with Crippen molar-refractivity contribution in [1.82, 2.24) is 9.55 Å². The summed E-state index contributed by atoms with van der Waals surface area (Å²) in [5.41, 5.74) is 0.831. The number of nitrogens with one attached hydrogen (secondary N) is 1. The second-order valence-electron chi connectivity index (χ2n) is 4.88. The third-order valence-corrected chi connectivity index (χ3v) is 4.95. The molecule has 0 bridgehead atoms. The van der Waals surface area contributed by atoms with Crippen molar-refractivity contribution in [3.05, 3.63) is 28.5 Å². The van der Waals surface area contributed by atoms with Crippen LogP contribution < -0.4 is 0 Å². The zero-order chi connectivity index (χ0) is 13.4. The Morgan fingerprint density at radius 1 is 1.32 bits per heavy atom. The van der Waals surface area contributed by atoms with Crippen LogP contribution in [0, 0.1) is 22.3 Å². The normalized spacial score (nSPS) is 17.2. The molecule has 2 aromatic rings. The van der Waals surface area contributed by atoms with E-state index in [0.29, 0.717) is 21.7 Å². The van der Waals surface area contributed by atoms with E-state index < -0.39 is 11.6 Å². The van der Waals surface area contributed by atoms with Crippen molar-refractivity contribution in [2.45, 2.75) is 19.4 Å². The number of fused-ring (bicyclic) bond motifs is 1. The third-order valence-electron chi connectivity index (χ3n) is 3.58. The molecule has 1 aromatic heterocycles. The van der Waals surface area contributed by atoms with Gasteiger partial charge in [-0.25, -0.2) is 8.78 Å². The van der Waals surface area contributed by atoms with Gasteiger partial charge in [-0.05, 0) is 48.5 Å². The first-order chi connectivity index (χ1) is 9.15. The summed E-state index contributed by atoms with van der Waals surface area (Å²) in [5, 5.41) is 0. The number of hydrogen-bond acceptors (Lipinski definition) is 2. The van der Waals surface area contributed by atoms with E-state index in [9.17, 15) is 8.78 Å². The van der Waals surface area contributed by atoms with Gasteiger partial charge in [-0.1, -0.05) is 0 Å². The highest BCUT2D eigenvalue weighted by Gasteiger charge is 2.17. The monoisotopic (exact) mass is 300 g/mol. The van der Waals surface area contributed by atoms with E-state index in [0.717, 1.165) is 37.0 Å². The fraction of sp³-hybridized carbons (Fsp3) is 0.462. The summed E-state index contributed by atoms with van der Waals surface area (Å²) >= 11 is 7.20. The fourth-order valence-electron chi connectivity index (χ4n) is 2.55. The van der Waals surface area contributed by atoms with Gasteiger partial charge >= 0.3 is 0 Å². The summed E-state index contributed by atoms with van der Waals surface area (Å²) < 4.78 is 29.3. The van der Waals surface area contributed by atoms with E-state index in [1.54, 1.807) is 0 Å². The molecule has 1 saturated heterocycles. The quantitative estimate of drug-likeness (QED) is 0.842. The minimum Gasteiger partial charge on any atom is -0.328 e. The number of H-pyrrole nitrogens is 1. The van der Waals surface area contributed by atoms with Crippen LogP contribution in [0.1, 0.15) is 12.8 Å². The van der Waals surface area contributed by atoms with Crippen LogP contribution in [0.4, 0.5) is 8.78 Å². The highest BCUT2D eigenvalue weighted by atomic mass is 32.2. The Hall–Kier alpha value is -0.880. The average molecular weight is 300 g/mol. The van der Waals surface area contributed by atoms with Crippen LogP contribution in [0.15, 0.2) is 12.1 Å². The summed E-state index contributed by atoms with van der Waals surface area (Å²) in [6.07, 6.45) is 2.27. The van der Waals surface area contributed by atoms with Crippen molar-refractivity contribution in [1.29, 1.82) is 0 Å². The van der Waals surface area contributed by atoms with Crippen molar-refractivity contribution < 1.29 is 8.78 Å². The van der Waals surface area contributed by atoms with E-state index in [4.69, 9.17) is 12.2 Å². The van der Waals surface area contributed by atoms with E-state index in [-0.39, 0.29) is 0 Å². The molecule has 0 unspecified atom stereocenters. The van der Waals surface area contributed by atoms with E-state index in [1.165, 1.54) is 6.07 Å². The third kappa shape index (κ3) is 2.56. The van der Waals surface area contributed by atoms with Crippen LogP contribution in [-0.4, -0.2) is 21.1 Å². The van der Waals surface area contributed by atoms with Crippen LogP contribution in [0.2, 0.25) is 0 Å². The first-order valence-electron chi connectivity index (χ1n) is 6.30. The maximum atomic E-state index is 13.7. The lowest BCUT2D eigenvalue weighted by Gasteiger charge is -2.21. The lowest BCUT2D eigenvalue weighted by atomic mass is 10.0. The highest BCUT2D eigenvalue weighted by molar-refractivity contribution is 7.99. The van der Waals surface area contributed by atoms with E-state index >= 15 is 0 Å². The van der Waals surface area contributed by atoms with Gasteiger partial charge in [0.2, 0.25) is 0 Å². The molecule has 0 radical (unpaired) electrons. The smallest absolute Gasteiger partial charge is 0.178 e. The molecule has 19 heavy (non-hydrogen) atoms. The molecular formula is C13H14F2N2S2. The number of halogens is 2. The maximum Gasteiger partial charge on any atom is 0.178 e. The topological polar surface area (TPSA) is 20.7 Å². The van der Waals surface area contributed by atoms with Gasteiger partial charge in [0.25, 0.3) is 0 Å². The number of rotatable bonds is 2. The predicted octanol–water partition coefficient (Wildman–Crippen LogP) is 4.12. The Kier molecular flexibility index (Phi) is 3.62. The molecule has 3 rings (SSSR count). The van der Waals surface area contributed by atoms with Crippen LogP contribution in [0.3, 0.4) is 0 Å². The number of benzene rings is 1. The van der Waals surface area contributed by atoms with Crippen molar-refractivity contribution in [2.24, 2.45) is 5.92 Å². The number of hydrogen-bond donors (Lipinski definition) is 1. The minimum absolute atomic E-state index is 0.302.